The summed E-state index contributed by atoms with van der Waals surface area (Å²) in [5.41, 5.74) is 1.70. The zero-order chi connectivity index (χ0) is 23.1. The van der Waals surface area contributed by atoms with Crippen LogP contribution in [0.25, 0.3) is 22.3 Å². The second-order valence-corrected chi connectivity index (χ2v) is 8.09. The van der Waals surface area contributed by atoms with Crippen molar-refractivity contribution in [3.05, 3.63) is 41.4 Å². The zero-order valence-electron chi connectivity index (χ0n) is 20.4. The number of nitrogens with one attached hydrogen (secondary N) is 1. The average Bonchev–Trinajstić information content (AvgIpc) is 2.82. The molecular formula is C25H35Cl3N4O2. The van der Waals surface area contributed by atoms with Gasteiger partial charge in [-0.3, -0.25) is 4.90 Å². The Balaban J connectivity index is 0.00000289. The second-order valence-electron chi connectivity index (χ2n) is 7.65. The minimum atomic E-state index is 0. The smallest absolute Gasteiger partial charge is 0.162 e. The van der Waals surface area contributed by atoms with Crippen molar-refractivity contribution in [2.45, 2.75) is 46.2 Å². The number of anilines is 1. The van der Waals surface area contributed by atoms with Crippen molar-refractivity contribution in [3.63, 3.8) is 0 Å². The molecule has 0 amide bonds. The summed E-state index contributed by atoms with van der Waals surface area (Å²) in [7, 11) is 3.27. The molecule has 0 radical (unpaired) electrons. The van der Waals surface area contributed by atoms with Crippen molar-refractivity contribution < 1.29 is 9.47 Å². The highest BCUT2D eigenvalue weighted by Crippen LogP contribution is 2.36. The van der Waals surface area contributed by atoms with Gasteiger partial charge >= 0.3 is 0 Å². The van der Waals surface area contributed by atoms with E-state index in [0.29, 0.717) is 22.3 Å². The summed E-state index contributed by atoms with van der Waals surface area (Å²) < 4.78 is 11.1. The Morgan fingerprint density at radius 1 is 0.941 bits per heavy atom. The third kappa shape index (κ3) is 7.01. The number of halogens is 3. The van der Waals surface area contributed by atoms with Gasteiger partial charge in [0.25, 0.3) is 0 Å². The fourth-order valence-corrected chi connectivity index (χ4v) is 3.99. The number of hydrogen-bond donors (Lipinski definition) is 1. The Kier molecular flexibility index (Phi) is 12.7. The number of methoxy groups -OCH3 is 2. The lowest BCUT2D eigenvalue weighted by Gasteiger charge is -2.31. The van der Waals surface area contributed by atoms with Gasteiger partial charge in [0.05, 0.1) is 25.9 Å². The molecule has 0 aliphatic rings. The van der Waals surface area contributed by atoms with Gasteiger partial charge in [-0.15, -0.1) is 24.8 Å². The van der Waals surface area contributed by atoms with Gasteiger partial charge in [-0.05, 0) is 49.8 Å². The third-order valence-electron chi connectivity index (χ3n) is 5.69. The van der Waals surface area contributed by atoms with Gasteiger partial charge in [0.15, 0.2) is 17.3 Å². The van der Waals surface area contributed by atoms with Gasteiger partial charge in [-0.2, -0.15) is 0 Å². The number of ether oxygens (including phenoxy) is 2. The van der Waals surface area contributed by atoms with E-state index in [1.807, 2.05) is 36.4 Å². The van der Waals surface area contributed by atoms with Crippen LogP contribution in [0.1, 0.15) is 40.0 Å². The largest absolute Gasteiger partial charge is 0.493 e. The molecule has 1 N–H and O–H groups in total. The Bertz CT molecular complexity index is 1030. The van der Waals surface area contributed by atoms with Crippen LogP contribution in [0, 0.1) is 0 Å². The fraction of sp³-hybridized carbons (Fsp3) is 0.440. The number of hydrogen-bond acceptors (Lipinski definition) is 6. The highest BCUT2D eigenvalue weighted by molar-refractivity contribution is 6.30. The molecule has 2 aromatic carbocycles. The first-order valence-electron chi connectivity index (χ1n) is 11.2. The predicted molar refractivity (Wildman–Crippen MR) is 147 cm³/mol. The van der Waals surface area contributed by atoms with Crippen LogP contribution in [-0.4, -0.2) is 48.3 Å². The predicted octanol–water partition coefficient (Wildman–Crippen LogP) is 7.08. The Labute approximate surface area is 220 Å². The van der Waals surface area contributed by atoms with Crippen molar-refractivity contribution in [1.82, 2.24) is 14.9 Å². The van der Waals surface area contributed by atoms with Gasteiger partial charge in [-0.1, -0.05) is 45.2 Å². The maximum Gasteiger partial charge on any atom is 0.162 e. The number of rotatable bonds is 11. The molecule has 1 heterocycles. The lowest BCUT2D eigenvalue weighted by molar-refractivity contribution is 0.224. The molecule has 0 saturated heterocycles. The standard InChI is InChI=1S/C25H33ClN4O2.2ClH/c1-6-9-10-23(30(7-2)8-3)28-25-19-15-21(31-4)22(32-5)16-20(19)27-24(29-25)17-11-13-18(26)14-12-17;;/h11-16,23H,6-10H2,1-5H3,(H,27,28,29);2*1H. The summed E-state index contributed by atoms with van der Waals surface area (Å²) in [6.07, 6.45) is 3.49. The minimum absolute atomic E-state index is 0. The Hall–Kier alpha value is -1.99. The molecule has 0 aliphatic carbocycles. The number of unbranched alkanes of at least 4 members (excludes halogenated alkanes) is 1. The van der Waals surface area contributed by atoms with Crippen molar-refractivity contribution in [3.8, 4) is 22.9 Å². The molecule has 0 bridgehead atoms. The number of aromatic nitrogens is 2. The highest BCUT2D eigenvalue weighted by atomic mass is 35.5. The van der Waals surface area contributed by atoms with Crippen LogP contribution in [0.15, 0.2) is 36.4 Å². The minimum Gasteiger partial charge on any atom is -0.493 e. The summed E-state index contributed by atoms with van der Waals surface area (Å²) in [6.45, 7) is 8.52. The first-order chi connectivity index (χ1) is 15.5. The molecule has 1 unspecified atom stereocenters. The molecule has 0 spiro atoms. The van der Waals surface area contributed by atoms with Gasteiger partial charge in [0.2, 0.25) is 0 Å². The van der Waals surface area contributed by atoms with Gasteiger partial charge in [0, 0.05) is 22.0 Å². The normalized spacial score (nSPS) is 11.5. The molecule has 6 nitrogen and oxygen atoms in total. The van der Waals surface area contributed by atoms with Crippen LogP contribution < -0.4 is 14.8 Å². The van der Waals surface area contributed by atoms with E-state index in [4.69, 9.17) is 31.0 Å². The van der Waals surface area contributed by atoms with Crippen LogP contribution in [0.5, 0.6) is 11.5 Å². The zero-order valence-corrected chi connectivity index (χ0v) is 22.8. The van der Waals surface area contributed by atoms with Crippen molar-refractivity contribution in [1.29, 1.82) is 0 Å². The molecule has 0 fully saturated rings. The van der Waals surface area contributed by atoms with E-state index in [2.05, 4.69) is 31.0 Å². The van der Waals surface area contributed by atoms with E-state index in [0.717, 1.165) is 54.6 Å². The number of fused-ring (bicyclic) bond motifs is 1. The lowest BCUT2D eigenvalue weighted by atomic mass is 10.1. The van der Waals surface area contributed by atoms with Crippen molar-refractivity contribution in [2.75, 3.05) is 32.6 Å². The number of nitrogens with zero attached hydrogens (tertiary/aromatic N) is 3. The fourth-order valence-electron chi connectivity index (χ4n) is 3.86. The van der Waals surface area contributed by atoms with E-state index in [-0.39, 0.29) is 31.0 Å². The van der Waals surface area contributed by atoms with Gasteiger partial charge in [0.1, 0.15) is 5.82 Å². The third-order valence-corrected chi connectivity index (χ3v) is 5.94. The second kappa shape index (κ2) is 14.4. The van der Waals surface area contributed by atoms with E-state index >= 15 is 0 Å². The summed E-state index contributed by atoms with van der Waals surface area (Å²) in [4.78, 5) is 12.2. The maximum absolute atomic E-state index is 6.09. The van der Waals surface area contributed by atoms with Crippen molar-refractivity contribution in [2.24, 2.45) is 0 Å². The van der Waals surface area contributed by atoms with Crippen LogP contribution in [0.3, 0.4) is 0 Å². The first-order valence-corrected chi connectivity index (χ1v) is 11.6. The molecule has 0 saturated carbocycles. The van der Waals surface area contributed by atoms with Crippen molar-refractivity contribution >= 4 is 53.1 Å². The number of benzene rings is 2. The molecule has 3 rings (SSSR count). The summed E-state index contributed by atoms with van der Waals surface area (Å²) in [6, 6.07) is 11.4. The molecule has 9 heteroatoms. The summed E-state index contributed by atoms with van der Waals surface area (Å²) in [5, 5.41) is 5.30. The molecule has 188 valence electrons. The Morgan fingerprint density at radius 2 is 1.56 bits per heavy atom. The van der Waals surface area contributed by atoms with Gasteiger partial charge in [-0.25, -0.2) is 9.97 Å². The van der Waals surface area contributed by atoms with Crippen LogP contribution in [0.4, 0.5) is 5.82 Å². The van der Waals surface area contributed by atoms with E-state index in [1.54, 1.807) is 14.2 Å². The van der Waals surface area contributed by atoms with Crippen LogP contribution in [-0.2, 0) is 0 Å². The quantitative estimate of drug-likeness (QED) is 0.268. The average molecular weight is 530 g/mol. The van der Waals surface area contributed by atoms with Crippen LogP contribution in [0.2, 0.25) is 5.02 Å². The summed E-state index contributed by atoms with van der Waals surface area (Å²) in [5.74, 6) is 2.71. The molecule has 1 atom stereocenters. The summed E-state index contributed by atoms with van der Waals surface area (Å²) >= 11 is 6.09. The maximum atomic E-state index is 6.09. The topological polar surface area (TPSA) is 59.5 Å². The van der Waals surface area contributed by atoms with E-state index in [9.17, 15) is 0 Å². The SMILES string of the molecule is CCCCC(Nc1nc(-c2ccc(Cl)cc2)nc2cc(OC)c(OC)cc12)N(CC)CC.Cl.Cl. The van der Waals surface area contributed by atoms with E-state index in [1.165, 1.54) is 0 Å². The molecule has 3 aromatic rings. The highest BCUT2D eigenvalue weighted by Gasteiger charge is 2.20. The molecule has 1 aromatic heterocycles. The molecule has 34 heavy (non-hydrogen) atoms. The Morgan fingerprint density at radius 3 is 2.12 bits per heavy atom. The molecule has 0 aliphatic heterocycles. The first kappa shape index (κ1) is 30.0. The van der Waals surface area contributed by atoms with Gasteiger partial charge < -0.3 is 14.8 Å². The lowest BCUT2D eigenvalue weighted by Crippen LogP contribution is -2.41. The monoisotopic (exact) mass is 528 g/mol. The molecular weight excluding hydrogens is 495 g/mol. The van der Waals surface area contributed by atoms with Crippen LogP contribution >= 0.6 is 36.4 Å². The van der Waals surface area contributed by atoms with E-state index < -0.39 is 0 Å².